The summed E-state index contributed by atoms with van der Waals surface area (Å²) < 4.78 is 10.7. The van der Waals surface area contributed by atoms with E-state index in [2.05, 4.69) is 16.0 Å². The van der Waals surface area contributed by atoms with Gasteiger partial charge in [0.25, 0.3) is 11.8 Å². The van der Waals surface area contributed by atoms with E-state index in [-0.39, 0.29) is 17.9 Å². The number of para-hydroxylation sites is 1. The molecule has 1 atom stereocenters. The van der Waals surface area contributed by atoms with Crippen LogP contribution in [0.15, 0.2) is 53.7 Å². The Morgan fingerprint density at radius 1 is 1.19 bits per heavy atom. The van der Waals surface area contributed by atoms with Crippen LogP contribution in [0.1, 0.15) is 18.5 Å². The molecule has 0 bridgehead atoms. The van der Waals surface area contributed by atoms with Gasteiger partial charge in [0, 0.05) is 5.70 Å². The Balaban J connectivity index is 1.97. The number of anilines is 1. The molecule has 2 aromatic rings. The molecule has 10 heteroatoms. The number of ether oxygens (including phenoxy) is 2. The largest absolute Gasteiger partial charge is 0.493 e. The van der Waals surface area contributed by atoms with Crippen molar-refractivity contribution in [3.63, 3.8) is 0 Å². The van der Waals surface area contributed by atoms with Gasteiger partial charge in [-0.15, -0.1) is 0 Å². The van der Waals surface area contributed by atoms with Crippen LogP contribution in [-0.4, -0.2) is 31.6 Å². The van der Waals surface area contributed by atoms with Crippen molar-refractivity contribution in [2.75, 3.05) is 19.0 Å². The number of carbonyl (C=O) groups excluding carboxylic acids is 3. The lowest BCUT2D eigenvalue weighted by atomic mass is 9.94. The van der Waals surface area contributed by atoms with E-state index in [1.807, 2.05) is 0 Å². The number of benzene rings is 2. The third kappa shape index (κ3) is 5.07. The van der Waals surface area contributed by atoms with Gasteiger partial charge >= 0.3 is 6.03 Å². The van der Waals surface area contributed by atoms with Crippen molar-refractivity contribution in [2.24, 2.45) is 5.73 Å². The molecule has 1 unspecified atom stereocenters. The molecule has 3 rings (SSSR count). The second-order valence-corrected chi connectivity index (χ2v) is 7.08. The summed E-state index contributed by atoms with van der Waals surface area (Å²) in [6.45, 7) is 1.27. The van der Waals surface area contributed by atoms with Gasteiger partial charge in [-0.25, -0.2) is 4.79 Å². The molecule has 2 aromatic carbocycles. The van der Waals surface area contributed by atoms with Gasteiger partial charge in [-0.2, -0.15) is 0 Å². The van der Waals surface area contributed by atoms with Crippen LogP contribution in [0.3, 0.4) is 0 Å². The molecule has 0 radical (unpaired) electrons. The summed E-state index contributed by atoms with van der Waals surface area (Å²) in [4.78, 5) is 36.3. The highest BCUT2D eigenvalue weighted by molar-refractivity contribution is 6.33. The van der Waals surface area contributed by atoms with Crippen molar-refractivity contribution in [3.05, 3.63) is 64.3 Å². The minimum atomic E-state index is -0.793. The highest BCUT2D eigenvalue weighted by atomic mass is 35.5. The minimum Gasteiger partial charge on any atom is -0.493 e. The third-order valence-electron chi connectivity index (χ3n) is 4.53. The molecular formula is C21H21ClN4O5. The molecule has 1 aliphatic rings. The Kier molecular flexibility index (Phi) is 6.66. The molecule has 1 aliphatic heterocycles. The first-order valence-corrected chi connectivity index (χ1v) is 9.61. The first-order chi connectivity index (χ1) is 14.8. The average Bonchev–Trinajstić information content (AvgIpc) is 2.73. The van der Waals surface area contributed by atoms with Crippen LogP contribution in [0.5, 0.6) is 11.5 Å². The predicted molar refractivity (Wildman–Crippen MR) is 115 cm³/mol. The Bertz CT molecular complexity index is 1070. The number of allylic oxidation sites excluding steroid dienone is 1. The van der Waals surface area contributed by atoms with E-state index in [0.717, 1.165) is 0 Å². The van der Waals surface area contributed by atoms with Crippen LogP contribution < -0.4 is 31.2 Å². The number of hydrogen-bond donors (Lipinski definition) is 4. The number of nitrogens with one attached hydrogen (secondary N) is 3. The summed E-state index contributed by atoms with van der Waals surface area (Å²) in [6, 6.07) is 10.4. The molecule has 5 N–H and O–H groups in total. The molecule has 0 fully saturated rings. The minimum absolute atomic E-state index is 0.245. The molecule has 1 heterocycles. The van der Waals surface area contributed by atoms with Crippen molar-refractivity contribution < 1.29 is 23.9 Å². The number of primary amides is 1. The van der Waals surface area contributed by atoms with Gasteiger partial charge < -0.3 is 31.2 Å². The van der Waals surface area contributed by atoms with Crippen molar-refractivity contribution in [3.8, 4) is 11.5 Å². The highest BCUT2D eigenvalue weighted by Gasteiger charge is 2.32. The molecule has 0 aliphatic carbocycles. The van der Waals surface area contributed by atoms with Crippen molar-refractivity contribution >= 4 is 35.1 Å². The normalized spacial score (nSPS) is 15.6. The van der Waals surface area contributed by atoms with E-state index in [1.165, 1.54) is 7.11 Å². The lowest BCUT2D eigenvalue weighted by Crippen LogP contribution is -2.46. The van der Waals surface area contributed by atoms with E-state index >= 15 is 0 Å². The van der Waals surface area contributed by atoms with Crippen molar-refractivity contribution in [2.45, 2.75) is 13.0 Å². The zero-order valence-corrected chi connectivity index (χ0v) is 17.6. The quantitative estimate of drug-likeness (QED) is 0.521. The monoisotopic (exact) mass is 444 g/mol. The summed E-state index contributed by atoms with van der Waals surface area (Å²) in [5, 5.41) is 8.49. The number of carbonyl (C=O) groups is 3. The van der Waals surface area contributed by atoms with Crippen LogP contribution >= 0.6 is 11.6 Å². The Morgan fingerprint density at radius 3 is 2.61 bits per heavy atom. The van der Waals surface area contributed by atoms with E-state index in [0.29, 0.717) is 27.7 Å². The smallest absolute Gasteiger partial charge is 0.319 e. The lowest BCUT2D eigenvalue weighted by Gasteiger charge is -2.29. The van der Waals surface area contributed by atoms with Gasteiger partial charge in [0.15, 0.2) is 18.1 Å². The molecule has 0 spiro atoms. The topological polar surface area (TPSA) is 132 Å². The third-order valence-corrected chi connectivity index (χ3v) is 4.86. The zero-order valence-electron chi connectivity index (χ0n) is 16.8. The number of rotatable bonds is 7. The van der Waals surface area contributed by atoms with Crippen LogP contribution in [0.25, 0.3) is 0 Å². The zero-order chi connectivity index (χ0) is 22.5. The van der Waals surface area contributed by atoms with Gasteiger partial charge in [0.2, 0.25) is 0 Å². The van der Waals surface area contributed by atoms with E-state index in [1.54, 1.807) is 49.4 Å². The first kappa shape index (κ1) is 22.0. The molecular weight excluding hydrogens is 424 g/mol. The summed E-state index contributed by atoms with van der Waals surface area (Å²) >= 11 is 6.15. The van der Waals surface area contributed by atoms with Crippen molar-refractivity contribution in [1.82, 2.24) is 10.6 Å². The second kappa shape index (κ2) is 9.40. The van der Waals surface area contributed by atoms with Crippen LogP contribution in [0.4, 0.5) is 10.5 Å². The molecule has 0 saturated heterocycles. The number of methoxy groups -OCH3 is 1. The number of hydrogen-bond acceptors (Lipinski definition) is 5. The maximum Gasteiger partial charge on any atom is 0.319 e. The lowest BCUT2D eigenvalue weighted by molar-refractivity contribution is -0.120. The Morgan fingerprint density at radius 2 is 1.94 bits per heavy atom. The van der Waals surface area contributed by atoms with Crippen LogP contribution in [0.2, 0.25) is 5.02 Å². The van der Waals surface area contributed by atoms with Gasteiger partial charge in [0.05, 0.1) is 29.4 Å². The van der Waals surface area contributed by atoms with Gasteiger partial charge in [0.1, 0.15) is 0 Å². The fourth-order valence-electron chi connectivity index (χ4n) is 3.13. The highest BCUT2D eigenvalue weighted by Crippen LogP contribution is 2.35. The summed E-state index contributed by atoms with van der Waals surface area (Å²) in [7, 11) is 1.45. The molecule has 31 heavy (non-hydrogen) atoms. The van der Waals surface area contributed by atoms with Gasteiger partial charge in [-0.05, 0) is 36.8 Å². The fraction of sp³-hybridized carbons (Fsp3) is 0.190. The summed E-state index contributed by atoms with van der Waals surface area (Å²) in [5.41, 5.74) is 6.80. The molecule has 162 valence electrons. The molecule has 0 saturated carbocycles. The SMILES string of the molecule is COc1ccc(C2NC(=O)NC(C)=C2C(=O)Nc2ccccc2Cl)cc1OCC(N)=O. The standard InChI is InChI=1S/C21H21ClN4O5/c1-11-18(20(28)25-14-6-4-3-5-13(14)22)19(26-21(29)24-11)12-7-8-15(30-2)16(9-12)31-10-17(23)27/h3-9,19H,10H2,1-2H3,(H2,23,27)(H,25,28)(H2,24,26,29). The first-order valence-electron chi connectivity index (χ1n) is 9.23. The Labute approximate surface area is 183 Å². The number of urea groups is 1. The predicted octanol–water partition coefficient (Wildman–Crippen LogP) is 2.48. The summed E-state index contributed by atoms with van der Waals surface area (Å²) in [5.74, 6) is -0.486. The molecule has 0 aromatic heterocycles. The van der Waals surface area contributed by atoms with E-state index < -0.39 is 23.9 Å². The Hall–Kier alpha value is -3.72. The van der Waals surface area contributed by atoms with Gasteiger partial charge in [-0.3, -0.25) is 9.59 Å². The maximum atomic E-state index is 13.1. The summed E-state index contributed by atoms with van der Waals surface area (Å²) in [6.07, 6.45) is 0. The second-order valence-electron chi connectivity index (χ2n) is 6.67. The van der Waals surface area contributed by atoms with E-state index in [9.17, 15) is 14.4 Å². The van der Waals surface area contributed by atoms with Crippen LogP contribution in [-0.2, 0) is 9.59 Å². The average molecular weight is 445 g/mol. The molecule has 4 amide bonds. The number of amides is 4. The number of halogens is 1. The van der Waals surface area contributed by atoms with Crippen LogP contribution in [0, 0.1) is 0 Å². The number of nitrogens with two attached hydrogens (primary N) is 1. The van der Waals surface area contributed by atoms with E-state index in [4.69, 9.17) is 26.8 Å². The van der Waals surface area contributed by atoms with Gasteiger partial charge in [-0.1, -0.05) is 29.8 Å². The van der Waals surface area contributed by atoms with Crippen molar-refractivity contribution in [1.29, 1.82) is 0 Å². The maximum absolute atomic E-state index is 13.1. The molecule has 9 nitrogen and oxygen atoms in total. The fourth-order valence-corrected chi connectivity index (χ4v) is 3.31.